The van der Waals surface area contributed by atoms with Crippen molar-refractivity contribution < 1.29 is 19.4 Å². The third kappa shape index (κ3) is 3.08. The molecule has 1 N–H and O–H groups in total. The molecule has 1 saturated carbocycles. The molecule has 3 aliphatic rings. The molecule has 0 aromatic heterocycles. The average Bonchev–Trinajstić information content (AvgIpc) is 3.20. The van der Waals surface area contributed by atoms with Crippen LogP contribution in [-0.4, -0.2) is 34.9 Å². The van der Waals surface area contributed by atoms with Crippen LogP contribution in [0.15, 0.2) is 42.5 Å². The van der Waals surface area contributed by atoms with Crippen molar-refractivity contribution in [2.45, 2.75) is 50.7 Å². The van der Waals surface area contributed by atoms with Gasteiger partial charge in [0.2, 0.25) is 6.79 Å². The van der Waals surface area contributed by atoms with Crippen LogP contribution < -0.4 is 9.47 Å². The Bertz CT molecular complexity index is 942. The lowest BCUT2D eigenvalue weighted by Gasteiger charge is -2.52. The number of aliphatic hydroxyl groups is 1. The van der Waals surface area contributed by atoms with E-state index in [0.717, 1.165) is 53.9 Å². The Balaban J connectivity index is 1.58. The summed E-state index contributed by atoms with van der Waals surface area (Å²) >= 11 is 0. The molecule has 3 atom stereocenters. The number of nitrogens with zero attached hydrogens (tertiary/aromatic N) is 1. The van der Waals surface area contributed by atoms with Gasteiger partial charge in [0, 0.05) is 18.0 Å². The van der Waals surface area contributed by atoms with Gasteiger partial charge < -0.3 is 19.5 Å². The van der Waals surface area contributed by atoms with Crippen LogP contribution in [0.2, 0.25) is 0 Å². The van der Waals surface area contributed by atoms with Crippen LogP contribution in [0, 0.1) is 12.8 Å². The molecule has 2 heterocycles. The fourth-order valence-corrected chi connectivity index (χ4v) is 5.39. The highest BCUT2D eigenvalue weighted by Crippen LogP contribution is 2.50. The normalized spacial score (nSPS) is 28.1. The maximum Gasteiger partial charge on any atom is 0.254 e. The molecule has 152 valence electrons. The van der Waals surface area contributed by atoms with E-state index >= 15 is 0 Å². The van der Waals surface area contributed by atoms with Crippen molar-refractivity contribution in [2.75, 3.05) is 13.3 Å². The smallest absolute Gasteiger partial charge is 0.254 e. The molecule has 2 fully saturated rings. The Morgan fingerprint density at radius 1 is 1.10 bits per heavy atom. The van der Waals surface area contributed by atoms with Crippen molar-refractivity contribution in [3.05, 3.63) is 59.2 Å². The highest BCUT2D eigenvalue weighted by atomic mass is 16.7. The third-order valence-corrected chi connectivity index (χ3v) is 6.94. The van der Waals surface area contributed by atoms with Crippen LogP contribution in [-0.2, 0) is 0 Å². The largest absolute Gasteiger partial charge is 0.454 e. The van der Waals surface area contributed by atoms with Gasteiger partial charge in [0.15, 0.2) is 11.5 Å². The number of amides is 1. The number of hydrogen-bond acceptors (Lipinski definition) is 4. The van der Waals surface area contributed by atoms with E-state index in [0.29, 0.717) is 13.0 Å². The van der Waals surface area contributed by atoms with Gasteiger partial charge in [-0.2, -0.15) is 0 Å². The zero-order valence-corrected chi connectivity index (χ0v) is 16.8. The molecule has 5 heteroatoms. The van der Waals surface area contributed by atoms with Crippen molar-refractivity contribution in [1.82, 2.24) is 4.90 Å². The molecule has 2 aliphatic heterocycles. The molecule has 0 spiro atoms. The van der Waals surface area contributed by atoms with E-state index in [1.54, 1.807) is 0 Å². The molecule has 1 aliphatic carbocycles. The predicted molar refractivity (Wildman–Crippen MR) is 109 cm³/mol. The lowest BCUT2D eigenvalue weighted by Crippen LogP contribution is -2.56. The second-order valence-corrected chi connectivity index (χ2v) is 8.58. The summed E-state index contributed by atoms with van der Waals surface area (Å²) < 4.78 is 11.1. The first-order valence-electron chi connectivity index (χ1n) is 10.6. The molecular formula is C24H27NO4. The van der Waals surface area contributed by atoms with Crippen molar-refractivity contribution >= 4 is 5.91 Å². The van der Waals surface area contributed by atoms with Crippen LogP contribution >= 0.6 is 0 Å². The summed E-state index contributed by atoms with van der Waals surface area (Å²) in [5.41, 5.74) is 2.02. The van der Waals surface area contributed by atoms with Crippen LogP contribution in [0.25, 0.3) is 0 Å². The van der Waals surface area contributed by atoms with Crippen molar-refractivity contribution in [3.63, 3.8) is 0 Å². The second-order valence-electron chi connectivity index (χ2n) is 8.58. The van der Waals surface area contributed by atoms with Gasteiger partial charge in [-0.1, -0.05) is 37.1 Å². The minimum absolute atomic E-state index is 0.0262. The van der Waals surface area contributed by atoms with E-state index in [9.17, 15) is 9.90 Å². The van der Waals surface area contributed by atoms with Gasteiger partial charge in [-0.25, -0.2) is 0 Å². The Morgan fingerprint density at radius 3 is 2.79 bits per heavy atom. The van der Waals surface area contributed by atoms with E-state index < -0.39 is 5.60 Å². The van der Waals surface area contributed by atoms with Gasteiger partial charge in [0.25, 0.3) is 5.91 Å². The number of carbonyl (C=O) groups excluding carboxylic acids is 1. The minimum Gasteiger partial charge on any atom is -0.454 e. The van der Waals surface area contributed by atoms with E-state index in [-0.39, 0.29) is 24.7 Å². The number of carbonyl (C=O) groups is 1. The number of hydrogen-bond donors (Lipinski definition) is 1. The number of fused-ring (bicyclic) bond motifs is 2. The zero-order chi connectivity index (χ0) is 20.0. The Morgan fingerprint density at radius 2 is 1.93 bits per heavy atom. The summed E-state index contributed by atoms with van der Waals surface area (Å²) in [6.45, 7) is 2.76. The molecule has 0 radical (unpaired) electrons. The van der Waals surface area contributed by atoms with Crippen molar-refractivity contribution in [1.29, 1.82) is 0 Å². The number of piperidine rings is 1. The SMILES string of the molecule is Cc1ccccc1C(=O)N1CC[C@]2(O)CCCC[C@@H]2[C@H]1c1ccc2c(c1)OCO2. The predicted octanol–water partition coefficient (Wildman–Crippen LogP) is 4.23. The van der Waals surface area contributed by atoms with Gasteiger partial charge in [-0.15, -0.1) is 0 Å². The van der Waals surface area contributed by atoms with Gasteiger partial charge in [0.1, 0.15) is 0 Å². The number of rotatable bonds is 2. The summed E-state index contributed by atoms with van der Waals surface area (Å²) in [7, 11) is 0. The molecule has 0 bridgehead atoms. The molecule has 0 unspecified atom stereocenters. The fraction of sp³-hybridized carbons (Fsp3) is 0.458. The number of likely N-dealkylation sites (tertiary alicyclic amines) is 1. The van der Waals surface area contributed by atoms with Gasteiger partial charge in [-0.3, -0.25) is 4.79 Å². The highest BCUT2D eigenvalue weighted by molar-refractivity contribution is 5.96. The van der Waals surface area contributed by atoms with Crippen molar-refractivity contribution in [3.8, 4) is 11.5 Å². The number of aryl methyl sites for hydroxylation is 1. The van der Waals surface area contributed by atoms with Gasteiger partial charge >= 0.3 is 0 Å². The zero-order valence-electron chi connectivity index (χ0n) is 16.8. The third-order valence-electron chi connectivity index (χ3n) is 6.94. The molecule has 29 heavy (non-hydrogen) atoms. The Labute approximate surface area is 171 Å². The molecule has 2 aromatic rings. The molecule has 2 aromatic carbocycles. The lowest BCUT2D eigenvalue weighted by atomic mass is 9.66. The van der Waals surface area contributed by atoms with E-state index in [1.165, 1.54) is 0 Å². The summed E-state index contributed by atoms with van der Waals surface area (Å²) in [6.07, 6.45) is 4.50. The number of benzene rings is 2. The van der Waals surface area contributed by atoms with E-state index in [1.807, 2.05) is 54.3 Å². The summed E-state index contributed by atoms with van der Waals surface area (Å²) in [4.78, 5) is 15.6. The molecule has 1 saturated heterocycles. The maximum absolute atomic E-state index is 13.6. The quantitative estimate of drug-likeness (QED) is 0.829. The summed E-state index contributed by atoms with van der Waals surface area (Å²) in [6, 6.07) is 13.5. The van der Waals surface area contributed by atoms with Crippen molar-refractivity contribution in [2.24, 2.45) is 5.92 Å². The van der Waals surface area contributed by atoms with E-state index in [4.69, 9.17) is 9.47 Å². The monoisotopic (exact) mass is 393 g/mol. The van der Waals surface area contributed by atoms with Crippen LogP contribution in [0.5, 0.6) is 11.5 Å². The molecule has 5 rings (SSSR count). The van der Waals surface area contributed by atoms with Gasteiger partial charge in [-0.05, 0) is 55.5 Å². The first kappa shape index (κ1) is 18.5. The number of ether oxygens (including phenoxy) is 2. The second kappa shape index (κ2) is 7.06. The summed E-state index contributed by atoms with van der Waals surface area (Å²) in [5, 5.41) is 11.4. The Kier molecular flexibility index (Phi) is 4.50. The minimum atomic E-state index is -0.707. The first-order chi connectivity index (χ1) is 14.1. The fourth-order valence-electron chi connectivity index (χ4n) is 5.39. The molecule has 5 nitrogen and oxygen atoms in total. The molecular weight excluding hydrogens is 366 g/mol. The maximum atomic E-state index is 13.6. The average molecular weight is 393 g/mol. The van der Waals surface area contributed by atoms with Crippen LogP contribution in [0.3, 0.4) is 0 Å². The van der Waals surface area contributed by atoms with Gasteiger partial charge in [0.05, 0.1) is 11.6 Å². The van der Waals surface area contributed by atoms with Crippen LogP contribution in [0.1, 0.15) is 59.6 Å². The lowest BCUT2D eigenvalue weighted by molar-refractivity contribution is -0.115. The summed E-state index contributed by atoms with van der Waals surface area (Å²) in [5.74, 6) is 1.52. The standard InChI is InChI=1S/C24H27NO4/c1-16-6-2-3-7-18(16)23(26)25-13-12-24(27)11-5-4-8-19(24)22(25)17-9-10-20-21(14-17)29-15-28-20/h2-3,6-7,9-10,14,19,22,27H,4-5,8,11-13,15H2,1H3/t19-,22-,24-/m1/s1. The topological polar surface area (TPSA) is 59.0 Å². The highest BCUT2D eigenvalue weighted by Gasteiger charge is 2.50. The van der Waals surface area contributed by atoms with E-state index in [2.05, 4.69) is 0 Å². The molecule has 1 amide bonds. The van der Waals surface area contributed by atoms with Crippen LogP contribution in [0.4, 0.5) is 0 Å². The first-order valence-corrected chi connectivity index (χ1v) is 10.6. The Hall–Kier alpha value is -2.53.